The predicted octanol–water partition coefficient (Wildman–Crippen LogP) is 2.66. The second-order valence-corrected chi connectivity index (χ2v) is 5.62. The van der Waals surface area contributed by atoms with Gasteiger partial charge in [0.25, 0.3) is 0 Å². The molecule has 1 saturated heterocycles. The van der Waals surface area contributed by atoms with Crippen molar-refractivity contribution in [1.82, 2.24) is 9.78 Å². The first-order valence-corrected chi connectivity index (χ1v) is 6.91. The van der Waals surface area contributed by atoms with Crippen molar-refractivity contribution < 1.29 is 9.84 Å². The van der Waals surface area contributed by atoms with E-state index in [0.29, 0.717) is 0 Å². The largest absolute Gasteiger partial charge is 0.384 e. The first kappa shape index (κ1) is 13.1. The van der Waals surface area contributed by atoms with E-state index in [-0.39, 0.29) is 0 Å². The molecule has 1 N–H and O–H groups in total. The number of rotatable bonds is 4. The molecule has 4 nitrogen and oxygen atoms in total. The topological polar surface area (TPSA) is 47.3 Å². The highest BCUT2D eigenvalue weighted by Crippen LogP contribution is 2.39. The summed E-state index contributed by atoms with van der Waals surface area (Å²) < 4.78 is 8.42. The van der Waals surface area contributed by atoms with Crippen molar-refractivity contribution in [3.8, 4) is 0 Å². The van der Waals surface area contributed by atoms with Gasteiger partial charge in [-0.25, -0.2) is 0 Å². The zero-order chi connectivity index (χ0) is 12.5. The molecule has 0 amide bonds. The van der Waals surface area contributed by atoms with E-state index in [1.54, 1.807) is 6.20 Å². The van der Waals surface area contributed by atoms with E-state index in [4.69, 9.17) is 4.74 Å². The summed E-state index contributed by atoms with van der Waals surface area (Å²) in [6.45, 7) is 5.61. The van der Waals surface area contributed by atoms with Crippen LogP contribution in [0.1, 0.15) is 44.9 Å². The lowest BCUT2D eigenvalue weighted by Gasteiger charge is -2.30. The molecule has 0 spiro atoms. The van der Waals surface area contributed by atoms with Gasteiger partial charge in [0.2, 0.25) is 0 Å². The molecule has 0 aliphatic carbocycles. The lowest BCUT2D eigenvalue weighted by atomic mass is 9.93. The Morgan fingerprint density at radius 1 is 1.71 bits per heavy atom. The average Bonchev–Trinajstić information content (AvgIpc) is 2.87. The summed E-state index contributed by atoms with van der Waals surface area (Å²) in [6.07, 6.45) is 4.00. The molecule has 17 heavy (non-hydrogen) atoms. The Hall–Kier alpha value is -0.390. The van der Waals surface area contributed by atoms with Gasteiger partial charge in [-0.2, -0.15) is 5.10 Å². The van der Waals surface area contributed by atoms with E-state index in [1.807, 2.05) is 11.6 Å². The van der Waals surface area contributed by atoms with Gasteiger partial charge >= 0.3 is 0 Å². The van der Waals surface area contributed by atoms with Crippen LogP contribution >= 0.6 is 15.9 Å². The third-order valence-corrected chi connectivity index (χ3v) is 3.97. The van der Waals surface area contributed by atoms with Crippen molar-refractivity contribution in [2.75, 3.05) is 6.61 Å². The van der Waals surface area contributed by atoms with E-state index >= 15 is 0 Å². The molecular formula is C12H19BrN2O2. The Morgan fingerprint density at radius 2 is 2.47 bits per heavy atom. The first-order chi connectivity index (χ1) is 8.08. The van der Waals surface area contributed by atoms with Gasteiger partial charge in [0.15, 0.2) is 0 Å². The van der Waals surface area contributed by atoms with Gasteiger partial charge in [-0.05, 0) is 42.1 Å². The quantitative estimate of drug-likeness (QED) is 0.930. The van der Waals surface area contributed by atoms with Crippen LogP contribution in [0.15, 0.2) is 10.7 Å². The van der Waals surface area contributed by atoms with Crippen molar-refractivity contribution >= 4 is 15.9 Å². The molecule has 1 fully saturated rings. The lowest BCUT2D eigenvalue weighted by molar-refractivity contribution is -0.0832. The monoisotopic (exact) mass is 302 g/mol. The molecule has 1 aliphatic heterocycles. The van der Waals surface area contributed by atoms with Crippen molar-refractivity contribution in [3.63, 3.8) is 0 Å². The van der Waals surface area contributed by atoms with Gasteiger partial charge in [-0.15, -0.1) is 0 Å². The predicted molar refractivity (Wildman–Crippen MR) is 68.8 cm³/mol. The van der Waals surface area contributed by atoms with Crippen LogP contribution in [-0.2, 0) is 11.3 Å². The summed E-state index contributed by atoms with van der Waals surface area (Å²) in [5.41, 5.74) is 0.352. The van der Waals surface area contributed by atoms with E-state index in [0.717, 1.165) is 42.6 Å². The zero-order valence-corrected chi connectivity index (χ0v) is 11.9. The molecular weight excluding hydrogens is 284 g/mol. The Morgan fingerprint density at radius 3 is 3.06 bits per heavy atom. The zero-order valence-electron chi connectivity index (χ0n) is 10.3. The first-order valence-electron chi connectivity index (χ1n) is 6.11. The lowest BCUT2D eigenvalue weighted by Crippen LogP contribution is -2.33. The number of aromatic nitrogens is 2. The van der Waals surface area contributed by atoms with E-state index < -0.39 is 11.7 Å². The number of ether oxygens (including phenoxy) is 1. The van der Waals surface area contributed by atoms with Crippen LogP contribution in [0.4, 0.5) is 0 Å². The number of hydrogen-bond donors (Lipinski definition) is 1. The molecule has 2 rings (SSSR count). The Kier molecular flexibility index (Phi) is 3.90. The van der Waals surface area contributed by atoms with Crippen molar-refractivity contribution in [2.24, 2.45) is 0 Å². The number of aryl methyl sites for hydroxylation is 1. The van der Waals surface area contributed by atoms with Crippen LogP contribution < -0.4 is 0 Å². The molecule has 0 bridgehead atoms. The second-order valence-electron chi connectivity index (χ2n) is 4.77. The molecule has 2 heterocycles. The van der Waals surface area contributed by atoms with Crippen LogP contribution in [0.5, 0.6) is 0 Å². The minimum Gasteiger partial charge on any atom is -0.384 e. The molecule has 5 heteroatoms. The number of nitrogens with zero attached hydrogens (tertiary/aromatic N) is 2. The average molecular weight is 303 g/mol. The SMILES string of the molecule is CCCn1ncc(Br)c1C(O)C1(C)CCCO1. The van der Waals surface area contributed by atoms with E-state index in [1.165, 1.54) is 0 Å². The fourth-order valence-electron chi connectivity index (χ4n) is 2.34. The van der Waals surface area contributed by atoms with Gasteiger partial charge in [-0.1, -0.05) is 6.92 Å². The fourth-order valence-corrected chi connectivity index (χ4v) is 2.85. The molecule has 2 unspecified atom stereocenters. The molecule has 2 atom stereocenters. The minimum absolute atomic E-state index is 0.478. The van der Waals surface area contributed by atoms with E-state index in [9.17, 15) is 5.11 Å². The number of hydrogen-bond acceptors (Lipinski definition) is 3. The highest BCUT2D eigenvalue weighted by Gasteiger charge is 2.40. The van der Waals surface area contributed by atoms with Gasteiger partial charge in [0.05, 0.1) is 22.0 Å². The Balaban J connectivity index is 2.29. The van der Waals surface area contributed by atoms with Gasteiger partial charge in [0, 0.05) is 13.2 Å². The number of aliphatic hydroxyl groups is 1. The highest BCUT2D eigenvalue weighted by atomic mass is 79.9. The summed E-state index contributed by atoms with van der Waals surface area (Å²) in [7, 11) is 0. The molecule has 0 aromatic carbocycles. The smallest absolute Gasteiger partial charge is 0.125 e. The summed E-state index contributed by atoms with van der Waals surface area (Å²) in [4.78, 5) is 0. The summed E-state index contributed by atoms with van der Waals surface area (Å²) in [6, 6.07) is 0. The van der Waals surface area contributed by atoms with Gasteiger partial charge in [-0.3, -0.25) is 4.68 Å². The Bertz CT molecular complexity index is 386. The summed E-state index contributed by atoms with van der Waals surface area (Å²) >= 11 is 3.46. The van der Waals surface area contributed by atoms with Crippen molar-refractivity contribution in [2.45, 2.75) is 51.4 Å². The van der Waals surface area contributed by atoms with Gasteiger partial charge in [0.1, 0.15) is 6.10 Å². The molecule has 1 aromatic rings. The Labute approximate surface area is 110 Å². The molecule has 96 valence electrons. The maximum Gasteiger partial charge on any atom is 0.125 e. The third-order valence-electron chi connectivity index (χ3n) is 3.36. The van der Waals surface area contributed by atoms with Crippen LogP contribution in [0.3, 0.4) is 0 Å². The second kappa shape index (κ2) is 5.08. The fraction of sp³-hybridized carbons (Fsp3) is 0.750. The minimum atomic E-state index is -0.631. The maximum absolute atomic E-state index is 10.5. The standard InChI is InChI=1S/C12H19BrN2O2/c1-3-6-15-10(9(13)8-14-15)11(16)12(2)5-4-7-17-12/h8,11,16H,3-7H2,1-2H3. The number of halogens is 1. The van der Waals surface area contributed by atoms with Crippen molar-refractivity contribution in [3.05, 3.63) is 16.4 Å². The summed E-state index contributed by atoms with van der Waals surface area (Å²) in [5.74, 6) is 0. The van der Waals surface area contributed by atoms with Crippen LogP contribution in [-0.4, -0.2) is 27.1 Å². The molecule has 0 saturated carbocycles. The highest BCUT2D eigenvalue weighted by molar-refractivity contribution is 9.10. The van der Waals surface area contributed by atoms with Crippen LogP contribution in [0, 0.1) is 0 Å². The molecule has 1 aromatic heterocycles. The molecule has 1 aliphatic rings. The van der Waals surface area contributed by atoms with Crippen molar-refractivity contribution in [1.29, 1.82) is 0 Å². The number of aliphatic hydroxyl groups excluding tert-OH is 1. The molecule has 0 radical (unpaired) electrons. The van der Waals surface area contributed by atoms with Crippen LogP contribution in [0.25, 0.3) is 0 Å². The third kappa shape index (κ3) is 2.41. The maximum atomic E-state index is 10.5. The van der Waals surface area contributed by atoms with E-state index in [2.05, 4.69) is 28.0 Å². The normalized spacial score (nSPS) is 26.4. The van der Waals surface area contributed by atoms with Gasteiger partial charge < -0.3 is 9.84 Å². The van der Waals surface area contributed by atoms with Crippen LogP contribution in [0.2, 0.25) is 0 Å². The summed E-state index contributed by atoms with van der Waals surface area (Å²) in [5, 5.41) is 14.8.